The summed E-state index contributed by atoms with van der Waals surface area (Å²) in [7, 11) is 12.9. The lowest BCUT2D eigenvalue weighted by Gasteiger charge is -2.23. The molecule has 0 saturated carbocycles. The number of benzene rings is 2. The van der Waals surface area contributed by atoms with Crippen LogP contribution in [-0.2, 0) is 0 Å². The molecule has 0 heterocycles. The maximum absolute atomic E-state index is 5.76. The third-order valence-electron chi connectivity index (χ3n) is 4.02. The second-order valence-corrected chi connectivity index (χ2v) is 8.91. The number of rotatable bonds is 10. The van der Waals surface area contributed by atoms with Gasteiger partial charge in [-0.25, -0.2) is 0 Å². The fraction of sp³-hybridized carbons (Fsp3) is 0.455. The van der Waals surface area contributed by atoms with Crippen molar-refractivity contribution in [1.29, 1.82) is 0 Å². The summed E-state index contributed by atoms with van der Waals surface area (Å²) in [6, 6.07) is 15.3. The molecule has 0 saturated heterocycles. The molecule has 0 aromatic heterocycles. The molecule has 152 valence electrons. The van der Waals surface area contributed by atoms with Crippen molar-refractivity contribution in [3.05, 3.63) is 48.5 Å². The van der Waals surface area contributed by atoms with Crippen LogP contribution < -0.4 is 9.47 Å². The molecular weight excluding hydrogens is 352 g/mol. The van der Waals surface area contributed by atoms with Crippen LogP contribution in [0.4, 0.5) is 11.4 Å². The minimum Gasteiger partial charge on any atom is -0.488 e. The minimum atomic E-state index is 0.688. The van der Waals surface area contributed by atoms with E-state index in [4.69, 9.17) is 9.47 Å². The van der Waals surface area contributed by atoms with Gasteiger partial charge in [-0.2, -0.15) is 10.2 Å². The van der Waals surface area contributed by atoms with E-state index in [1.807, 2.05) is 48.5 Å². The molecule has 6 nitrogen and oxygen atoms in total. The molecule has 28 heavy (non-hydrogen) atoms. The zero-order valence-electron chi connectivity index (χ0n) is 18.1. The van der Waals surface area contributed by atoms with Gasteiger partial charge in [-0.15, -0.1) is 0 Å². The van der Waals surface area contributed by atoms with Crippen LogP contribution in [0.5, 0.6) is 11.5 Å². The van der Waals surface area contributed by atoms with E-state index in [2.05, 4.69) is 52.5 Å². The van der Waals surface area contributed by atoms with Gasteiger partial charge in [0.05, 0.1) is 53.7 Å². The molecule has 0 aliphatic carbocycles. The Kier molecular flexibility index (Phi) is 7.54. The zero-order chi connectivity index (χ0) is 20.6. The van der Waals surface area contributed by atoms with E-state index in [1.54, 1.807) is 0 Å². The van der Waals surface area contributed by atoms with Gasteiger partial charge in [0.2, 0.25) is 0 Å². The zero-order valence-corrected chi connectivity index (χ0v) is 18.1. The van der Waals surface area contributed by atoms with Crippen LogP contribution >= 0.6 is 0 Å². The Morgan fingerprint density at radius 1 is 0.571 bits per heavy atom. The first-order valence-corrected chi connectivity index (χ1v) is 9.59. The summed E-state index contributed by atoms with van der Waals surface area (Å²) in [5.74, 6) is 1.70. The average Bonchev–Trinajstić information content (AvgIpc) is 2.60. The van der Waals surface area contributed by atoms with Crippen LogP contribution in [0.3, 0.4) is 0 Å². The number of hydrogen-bond acceptors (Lipinski definition) is 4. The van der Waals surface area contributed by atoms with Crippen molar-refractivity contribution < 1.29 is 18.4 Å². The van der Waals surface area contributed by atoms with Crippen LogP contribution in [0, 0.1) is 0 Å². The van der Waals surface area contributed by atoms with Crippen LogP contribution in [0.1, 0.15) is 0 Å². The molecule has 0 radical (unpaired) electrons. The Bertz CT molecular complexity index is 677. The lowest BCUT2D eigenvalue weighted by atomic mass is 10.3. The molecule has 0 spiro atoms. The van der Waals surface area contributed by atoms with E-state index in [-0.39, 0.29) is 0 Å². The summed E-state index contributed by atoms with van der Waals surface area (Å²) in [6.07, 6.45) is 0. The van der Waals surface area contributed by atoms with E-state index >= 15 is 0 Å². The standard InChI is InChI=1S/C22H34N4O2/c1-25(2,3)15-17-27-21-11-7-19(8-12-21)23-24-20-9-13-22(14-10-20)28-18-16-26(4,5)6/h7-14H,15-18H2,1-6H3/q+2. The quantitative estimate of drug-likeness (QED) is 0.452. The van der Waals surface area contributed by atoms with Crippen LogP contribution in [0.2, 0.25) is 0 Å². The summed E-state index contributed by atoms with van der Waals surface area (Å²) in [6.45, 7) is 3.29. The molecular formula is C22H34N4O2+2. The van der Waals surface area contributed by atoms with Crippen molar-refractivity contribution in [2.45, 2.75) is 0 Å². The molecule has 0 N–H and O–H groups in total. The molecule has 0 aliphatic heterocycles. The maximum atomic E-state index is 5.76. The smallest absolute Gasteiger partial charge is 0.137 e. The fourth-order valence-corrected chi connectivity index (χ4v) is 2.21. The van der Waals surface area contributed by atoms with Crippen molar-refractivity contribution in [2.75, 3.05) is 68.6 Å². The van der Waals surface area contributed by atoms with Crippen LogP contribution in [0.15, 0.2) is 58.8 Å². The van der Waals surface area contributed by atoms with Gasteiger partial charge in [0.1, 0.15) is 37.8 Å². The first-order valence-electron chi connectivity index (χ1n) is 9.59. The van der Waals surface area contributed by atoms with Gasteiger partial charge in [0.15, 0.2) is 0 Å². The van der Waals surface area contributed by atoms with Crippen molar-refractivity contribution in [3.63, 3.8) is 0 Å². The molecule has 2 rings (SSSR count). The predicted octanol–water partition coefficient (Wildman–Crippen LogP) is 4.27. The van der Waals surface area contributed by atoms with Gasteiger partial charge in [-0.05, 0) is 48.5 Å². The van der Waals surface area contributed by atoms with Crippen LogP contribution in [0.25, 0.3) is 0 Å². The molecule has 0 atom stereocenters. The van der Waals surface area contributed by atoms with Crippen molar-refractivity contribution in [3.8, 4) is 11.5 Å². The summed E-state index contributed by atoms with van der Waals surface area (Å²) in [4.78, 5) is 0. The highest BCUT2D eigenvalue weighted by Gasteiger charge is 2.07. The normalized spacial score (nSPS) is 12.4. The lowest BCUT2D eigenvalue weighted by molar-refractivity contribution is -0.870. The highest BCUT2D eigenvalue weighted by Crippen LogP contribution is 2.23. The topological polar surface area (TPSA) is 43.2 Å². The fourth-order valence-electron chi connectivity index (χ4n) is 2.21. The van der Waals surface area contributed by atoms with Crippen molar-refractivity contribution in [1.82, 2.24) is 0 Å². The van der Waals surface area contributed by atoms with Crippen LogP contribution in [-0.4, -0.2) is 77.6 Å². The monoisotopic (exact) mass is 386 g/mol. The number of quaternary nitrogens is 2. The Morgan fingerprint density at radius 2 is 0.893 bits per heavy atom. The first-order chi connectivity index (χ1) is 13.1. The van der Waals surface area contributed by atoms with Gasteiger partial charge >= 0.3 is 0 Å². The summed E-state index contributed by atoms with van der Waals surface area (Å²) < 4.78 is 13.3. The molecule has 0 bridgehead atoms. The number of hydrogen-bond donors (Lipinski definition) is 0. The number of azo groups is 1. The van der Waals surface area contributed by atoms with Crippen molar-refractivity contribution in [2.24, 2.45) is 10.2 Å². The number of likely N-dealkylation sites (N-methyl/N-ethyl adjacent to an activating group) is 2. The Labute approximate surface area is 169 Å². The summed E-state index contributed by atoms with van der Waals surface area (Å²) >= 11 is 0. The van der Waals surface area contributed by atoms with Gasteiger partial charge < -0.3 is 18.4 Å². The second kappa shape index (κ2) is 9.66. The van der Waals surface area contributed by atoms with Gasteiger partial charge in [-0.1, -0.05) is 0 Å². The number of ether oxygens (including phenoxy) is 2. The largest absolute Gasteiger partial charge is 0.488 e. The van der Waals surface area contributed by atoms with Gasteiger partial charge in [-0.3, -0.25) is 0 Å². The third-order valence-corrected chi connectivity index (χ3v) is 4.02. The summed E-state index contributed by atoms with van der Waals surface area (Å²) in [5.41, 5.74) is 1.59. The Morgan fingerprint density at radius 3 is 1.18 bits per heavy atom. The van der Waals surface area contributed by atoms with Gasteiger partial charge in [0, 0.05) is 0 Å². The highest BCUT2D eigenvalue weighted by molar-refractivity contribution is 5.44. The van der Waals surface area contributed by atoms with Gasteiger partial charge in [0.25, 0.3) is 0 Å². The van der Waals surface area contributed by atoms with E-state index in [9.17, 15) is 0 Å². The van der Waals surface area contributed by atoms with E-state index in [0.29, 0.717) is 13.2 Å². The lowest BCUT2D eigenvalue weighted by Crippen LogP contribution is -2.38. The Hall–Kier alpha value is -2.44. The molecule has 2 aromatic rings. The van der Waals surface area contributed by atoms with Crippen molar-refractivity contribution >= 4 is 11.4 Å². The highest BCUT2D eigenvalue weighted by atomic mass is 16.5. The molecule has 6 heteroatoms. The predicted molar refractivity (Wildman–Crippen MR) is 114 cm³/mol. The maximum Gasteiger partial charge on any atom is 0.137 e. The van der Waals surface area contributed by atoms with E-state index in [1.165, 1.54) is 0 Å². The van der Waals surface area contributed by atoms with E-state index < -0.39 is 0 Å². The molecule has 2 aromatic carbocycles. The SMILES string of the molecule is C[N+](C)(C)CCOc1ccc(N=Nc2ccc(OCC[N+](C)(C)C)cc2)cc1. The Balaban J connectivity index is 1.82. The second-order valence-electron chi connectivity index (χ2n) is 8.91. The molecule has 0 unspecified atom stereocenters. The first kappa shape index (κ1) is 21.9. The summed E-state index contributed by atoms with van der Waals surface area (Å²) in [5, 5.41) is 8.57. The average molecular weight is 387 g/mol. The third kappa shape index (κ3) is 8.97. The number of nitrogens with zero attached hydrogens (tertiary/aromatic N) is 4. The molecule has 0 amide bonds. The molecule has 0 fully saturated rings. The minimum absolute atomic E-state index is 0.688. The molecule has 0 aliphatic rings. The van der Waals surface area contributed by atoms with E-state index in [0.717, 1.165) is 44.9 Å².